The van der Waals surface area contributed by atoms with Crippen LogP contribution in [0.25, 0.3) is 0 Å². The quantitative estimate of drug-likeness (QED) is 0.884. The van der Waals surface area contributed by atoms with Crippen LogP contribution >= 0.6 is 11.6 Å². The molecule has 136 valence electrons. The SMILES string of the molecule is CC(C)(NC(=O)C1CC(=O)N(C2CCCC2)C1)c1ccc(F)cc1Cl. The number of amides is 2. The van der Waals surface area contributed by atoms with Crippen LogP contribution in [0.15, 0.2) is 18.2 Å². The molecule has 1 atom stereocenters. The van der Waals surface area contributed by atoms with E-state index in [1.807, 2.05) is 18.7 Å². The molecule has 0 aromatic heterocycles. The van der Waals surface area contributed by atoms with Crippen molar-refractivity contribution in [2.24, 2.45) is 5.92 Å². The maximum absolute atomic E-state index is 13.3. The van der Waals surface area contributed by atoms with Gasteiger partial charge in [-0.25, -0.2) is 4.39 Å². The van der Waals surface area contributed by atoms with Crippen LogP contribution < -0.4 is 5.32 Å². The molecule has 1 aliphatic carbocycles. The van der Waals surface area contributed by atoms with E-state index in [0.717, 1.165) is 25.7 Å². The molecule has 1 aliphatic heterocycles. The highest BCUT2D eigenvalue weighted by Crippen LogP contribution is 2.32. The van der Waals surface area contributed by atoms with E-state index in [-0.39, 0.29) is 29.2 Å². The van der Waals surface area contributed by atoms with Crippen molar-refractivity contribution >= 4 is 23.4 Å². The number of halogens is 2. The number of likely N-dealkylation sites (tertiary alicyclic amines) is 1. The Hall–Kier alpha value is -1.62. The summed E-state index contributed by atoms with van der Waals surface area (Å²) in [4.78, 5) is 26.9. The Balaban J connectivity index is 1.68. The molecular formula is C19H24ClFN2O2. The lowest BCUT2D eigenvalue weighted by molar-refractivity contribution is -0.130. The molecule has 1 unspecified atom stereocenters. The molecule has 0 bridgehead atoms. The van der Waals surface area contributed by atoms with Crippen molar-refractivity contribution in [3.63, 3.8) is 0 Å². The molecule has 1 saturated carbocycles. The first-order valence-corrected chi connectivity index (χ1v) is 9.23. The zero-order valence-electron chi connectivity index (χ0n) is 14.6. The summed E-state index contributed by atoms with van der Waals surface area (Å²) in [6, 6.07) is 4.45. The van der Waals surface area contributed by atoms with E-state index in [4.69, 9.17) is 11.6 Å². The van der Waals surface area contributed by atoms with Gasteiger partial charge in [-0.05, 0) is 44.4 Å². The van der Waals surface area contributed by atoms with Gasteiger partial charge in [0.25, 0.3) is 0 Å². The van der Waals surface area contributed by atoms with Gasteiger partial charge in [-0.2, -0.15) is 0 Å². The van der Waals surface area contributed by atoms with Crippen LogP contribution in [0.2, 0.25) is 5.02 Å². The van der Waals surface area contributed by atoms with Gasteiger partial charge in [0.2, 0.25) is 11.8 Å². The molecule has 4 nitrogen and oxygen atoms in total. The number of nitrogens with zero attached hydrogens (tertiary/aromatic N) is 1. The predicted molar refractivity (Wildman–Crippen MR) is 94.7 cm³/mol. The number of carbonyl (C=O) groups is 2. The van der Waals surface area contributed by atoms with Gasteiger partial charge >= 0.3 is 0 Å². The van der Waals surface area contributed by atoms with Crippen molar-refractivity contribution < 1.29 is 14.0 Å². The molecule has 1 N–H and O–H groups in total. The summed E-state index contributed by atoms with van der Waals surface area (Å²) in [6.45, 7) is 4.15. The number of rotatable bonds is 4. The molecule has 1 heterocycles. The van der Waals surface area contributed by atoms with E-state index in [1.54, 1.807) is 6.07 Å². The lowest BCUT2D eigenvalue weighted by atomic mass is 9.93. The monoisotopic (exact) mass is 366 g/mol. The van der Waals surface area contributed by atoms with E-state index in [1.165, 1.54) is 12.1 Å². The molecule has 2 fully saturated rings. The second-order valence-electron chi connectivity index (χ2n) is 7.62. The van der Waals surface area contributed by atoms with Crippen LogP contribution in [0.1, 0.15) is 51.5 Å². The fourth-order valence-electron chi connectivity index (χ4n) is 3.95. The lowest BCUT2D eigenvalue weighted by Crippen LogP contribution is -2.45. The normalized spacial score (nSPS) is 21.8. The molecular weight excluding hydrogens is 343 g/mol. The number of hydrogen-bond acceptors (Lipinski definition) is 2. The first kappa shape index (κ1) is 18.2. The van der Waals surface area contributed by atoms with Crippen LogP contribution in [0.3, 0.4) is 0 Å². The van der Waals surface area contributed by atoms with Crippen LogP contribution in [-0.2, 0) is 15.1 Å². The van der Waals surface area contributed by atoms with Crippen molar-refractivity contribution in [1.82, 2.24) is 10.2 Å². The van der Waals surface area contributed by atoms with Gasteiger partial charge in [-0.15, -0.1) is 0 Å². The smallest absolute Gasteiger partial charge is 0.226 e. The van der Waals surface area contributed by atoms with Gasteiger partial charge in [-0.3, -0.25) is 9.59 Å². The van der Waals surface area contributed by atoms with Gasteiger partial charge in [0.05, 0.1) is 11.5 Å². The number of hydrogen-bond donors (Lipinski definition) is 1. The second kappa shape index (κ2) is 6.94. The summed E-state index contributed by atoms with van der Waals surface area (Å²) < 4.78 is 13.3. The van der Waals surface area contributed by atoms with E-state index < -0.39 is 11.4 Å². The summed E-state index contributed by atoms with van der Waals surface area (Å²) in [5.41, 5.74) is -0.0908. The van der Waals surface area contributed by atoms with Crippen LogP contribution in [0.4, 0.5) is 4.39 Å². The minimum absolute atomic E-state index is 0.0738. The van der Waals surface area contributed by atoms with Gasteiger partial charge in [0.1, 0.15) is 5.82 Å². The molecule has 2 amide bonds. The third-order valence-corrected chi connectivity index (χ3v) is 5.65. The molecule has 1 saturated heterocycles. The first-order chi connectivity index (χ1) is 11.8. The van der Waals surface area contributed by atoms with E-state index >= 15 is 0 Å². The number of carbonyl (C=O) groups excluding carboxylic acids is 2. The summed E-state index contributed by atoms with van der Waals surface area (Å²) in [7, 11) is 0. The Morgan fingerprint density at radius 1 is 1.32 bits per heavy atom. The van der Waals surface area contributed by atoms with Crippen molar-refractivity contribution in [3.05, 3.63) is 34.6 Å². The van der Waals surface area contributed by atoms with Crippen molar-refractivity contribution in [2.45, 2.75) is 57.5 Å². The second-order valence-corrected chi connectivity index (χ2v) is 8.03. The lowest BCUT2D eigenvalue weighted by Gasteiger charge is -2.29. The maximum Gasteiger partial charge on any atom is 0.226 e. The molecule has 2 aliphatic rings. The number of benzene rings is 1. The average Bonchev–Trinajstić information content (AvgIpc) is 3.15. The predicted octanol–water partition coefficient (Wildman–Crippen LogP) is 3.62. The molecule has 6 heteroatoms. The van der Waals surface area contributed by atoms with E-state index in [0.29, 0.717) is 18.2 Å². The molecule has 3 rings (SSSR count). The minimum atomic E-state index is -0.744. The highest BCUT2D eigenvalue weighted by atomic mass is 35.5. The summed E-state index contributed by atoms with van der Waals surface area (Å²) >= 11 is 6.14. The Morgan fingerprint density at radius 2 is 2.00 bits per heavy atom. The minimum Gasteiger partial charge on any atom is -0.347 e. The molecule has 1 aromatic carbocycles. The van der Waals surface area contributed by atoms with E-state index in [9.17, 15) is 14.0 Å². The van der Waals surface area contributed by atoms with Crippen molar-refractivity contribution in [3.8, 4) is 0 Å². The largest absolute Gasteiger partial charge is 0.347 e. The molecule has 0 spiro atoms. The topological polar surface area (TPSA) is 49.4 Å². The Bertz CT molecular complexity index is 686. The first-order valence-electron chi connectivity index (χ1n) is 8.85. The Morgan fingerprint density at radius 3 is 2.64 bits per heavy atom. The number of nitrogens with one attached hydrogen (secondary N) is 1. The van der Waals surface area contributed by atoms with Crippen LogP contribution in [0, 0.1) is 11.7 Å². The summed E-state index contributed by atoms with van der Waals surface area (Å²) in [6.07, 6.45) is 4.64. The standard InChI is InChI=1S/C19H24ClFN2O2/c1-19(2,15-8-7-13(21)10-16(15)20)22-18(25)12-9-17(24)23(11-12)14-5-3-4-6-14/h7-8,10,12,14H,3-6,9,11H2,1-2H3,(H,22,25). The highest BCUT2D eigenvalue weighted by molar-refractivity contribution is 6.31. The van der Waals surface area contributed by atoms with Gasteiger partial charge < -0.3 is 10.2 Å². The molecule has 1 aromatic rings. The third kappa shape index (κ3) is 3.81. The molecule has 25 heavy (non-hydrogen) atoms. The Kier molecular flexibility index (Phi) is 5.05. The summed E-state index contributed by atoms with van der Waals surface area (Å²) in [5, 5.41) is 3.26. The van der Waals surface area contributed by atoms with Crippen molar-refractivity contribution in [2.75, 3.05) is 6.54 Å². The Labute approximate surface area is 152 Å². The van der Waals surface area contributed by atoms with Crippen LogP contribution in [0.5, 0.6) is 0 Å². The van der Waals surface area contributed by atoms with Gasteiger partial charge in [-0.1, -0.05) is 30.5 Å². The fourth-order valence-corrected chi connectivity index (χ4v) is 4.35. The van der Waals surface area contributed by atoms with Crippen molar-refractivity contribution in [1.29, 1.82) is 0 Å². The van der Waals surface area contributed by atoms with E-state index in [2.05, 4.69) is 5.32 Å². The zero-order valence-corrected chi connectivity index (χ0v) is 15.4. The highest BCUT2D eigenvalue weighted by Gasteiger charge is 2.40. The fraction of sp³-hybridized carbons (Fsp3) is 0.579. The van der Waals surface area contributed by atoms with Gasteiger partial charge in [0.15, 0.2) is 0 Å². The average molecular weight is 367 g/mol. The third-order valence-electron chi connectivity index (χ3n) is 5.33. The molecule has 0 radical (unpaired) electrons. The van der Waals surface area contributed by atoms with Crippen LogP contribution in [-0.4, -0.2) is 29.3 Å². The summed E-state index contributed by atoms with van der Waals surface area (Å²) in [5.74, 6) is -0.833. The maximum atomic E-state index is 13.3. The zero-order chi connectivity index (χ0) is 18.2. The van der Waals surface area contributed by atoms with Gasteiger partial charge in [0, 0.05) is 24.0 Å².